The van der Waals surface area contributed by atoms with Crippen LogP contribution in [0.25, 0.3) is 0 Å². The fourth-order valence-corrected chi connectivity index (χ4v) is 2.83. The lowest BCUT2D eigenvalue weighted by Gasteiger charge is -2.21. The predicted molar refractivity (Wildman–Crippen MR) is 61.5 cm³/mol. The summed E-state index contributed by atoms with van der Waals surface area (Å²) >= 11 is 0. The van der Waals surface area contributed by atoms with Crippen molar-refractivity contribution in [3.8, 4) is 0 Å². The van der Waals surface area contributed by atoms with Crippen molar-refractivity contribution in [3.05, 3.63) is 18.0 Å². The normalized spacial score (nSPS) is 28.2. The topological polar surface area (TPSA) is 29.9 Å². The van der Waals surface area contributed by atoms with Gasteiger partial charge in [-0.25, -0.2) is 0 Å². The van der Waals surface area contributed by atoms with E-state index in [-0.39, 0.29) is 0 Å². The second kappa shape index (κ2) is 4.35. The molecule has 0 aliphatic heterocycles. The molecule has 1 aromatic rings. The number of nitrogens with zero attached hydrogens (tertiary/aromatic N) is 2. The van der Waals surface area contributed by atoms with Gasteiger partial charge in [0.1, 0.15) is 0 Å². The molecule has 3 nitrogen and oxygen atoms in total. The van der Waals surface area contributed by atoms with E-state index in [1.165, 1.54) is 24.8 Å². The van der Waals surface area contributed by atoms with Crippen molar-refractivity contribution in [1.82, 2.24) is 15.1 Å². The lowest BCUT2D eigenvalue weighted by atomic mass is 9.93. The van der Waals surface area contributed by atoms with E-state index in [1.54, 1.807) is 0 Å². The number of nitrogens with one attached hydrogen (secondary N) is 1. The van der Waals surface area contributed by atoms with Crippen LogP contribution in [0.2, 0.25) is 0 Å². The van der Waals surface area contributed by atoms with Gasteiger partial charge >= 0.3 is 0 Å². The van der Waals surface area contributed by atoms with Crippen molar-refractivity contribution in [1.29, 1.82) is 0 Å². The monoisotopic (exact) mass is 207 g/mol. The Kier molecular flexibility index (Phi) is 3.10. The minimum atomic E-state index is 0.489. The van der Waals surface area contributed by atoms with Gasteiger partial charge in [0, 0.05) is 24.8 Å². The van der Waals surface area contributed by atoms with E-state index in [4.69, 9.17) is 0 Å². The third-order valence-corrected chi connectivity index (χ3v) is 3.60. The van der Waals surface area contributed by atoms with E-state index in [2.05, 4.69) is 30.6 Å². The van der Waals surface area contributed by atoms with E-state index in [0.717, 1.165) is 11.8 Å². The summed E-state index contributed by atoms with van der Waals surface area (Å²) < 4.78 is 1.89. The SMILES string of the molecule is CNC(c1cnn(C)c1)C1CCC(C)C1. The molecule has 0 amide bonds. The summed E-state index contributed by atoms with van der Waals surface area (Å²) in [4.78, 5) is 0. The predicted octanol–water partition coefficient (Wildman–Crippen LogP) is 2.12. The molecule has 1 aliphatic rings. The van der Waals surface area contributed by atoms with Crippen LogP contribution in [0.15, 0.2) is 12.4 Å². The smallest absolute Gasteiger partial charge is 0.0537 e. The molecule has 2 rings (SSSR count). The first kappa shape index (κ1) is 10.7. The third-order valence-electron chi connectivity index (χ3n) is 3.60. The van der Waals surface area contributed by atoms with Gasteiger partial charge in [0.25, 0.3) is 0 Å². The Hall–Kier alpha value is -0.830. The first-order chi connectivity index (χ1) is 7.20. The zero-order chi connectivity index (χ0) is 10.8. The number of rotatable bonds is 3. The summed E-state index contributed by atoms with van der Waals surface area (Å²) in [6.07, 6.45) is 8.19. The summed E-state index contributed by atoms with van der Waals surface area (Å²) in [5.41, 5.74) is 1.33. The zero-order valence-electron chi connectivity index (χ0n) is 9.90. The maximum atomic E-state index is 4.25. The van der Waals surface area contributed by atoms with Crippen LogP contribution >= 0.6 is 0 Å². The van der Waals surface area contributed by atoms with Gasteiger partial charge in [-0.05, 0) is 31.7 Å². The summed E-state index contributed by atoms with van der Waals surface area (Å²) in [5, 5.41) is 7.69. The van der Waals surface area contributed by atoms with Gasteiger partial charge in [-0.1, -0.05) is 13.3 Å². The van der Waals surface area contributed by atoms with E-state index in [0.29, 0.717) is 6.04 Å². The first-order valence-corrected chi connectivity index (χ1v) is 5.86. The molecule has 1 fully saturated rings. The van der Waals surface area contributed by atoms with Crippen LogP contribution in [0.5, 0.6) is 0 Å². The van der Waals surface area contributed by atoms with Crippen LogP contribution in [0, 0.1) is 11.8 Å². The quantitative estimate of drug-likeness (QED) is 0.822. The zero-order valence-corrected chi connectivity index (χ0v) is 9.90. The van der Waals surface area contributed by atoms with E-state index < -0.39 is 0 Å². The van der Waals surface area contributed by atoms with Gasteiger partial charge in [-0.15, -0.1) is 0 Å². The second-order valence-electron chi connectivity index (χ2n) is 4.89. The molecule has 0 saturated heterocycles. The highest BCUT2D eigenvalue weighted by Gasteiger charge is 2.29. The average molecular weight is 207 g/mol. The molecule has 0 aromatic carbocycles. The van der Waals surface area contributed by atoms with Gasteiger partial charge in [-0.3, -0.25) is 4.68 Å². The fourth-order valence-electron chi connectivity index (χ4n) is 2.83. The molecule has 15 heavy (non-hydrogen) atoms. The Morgan fingerprint density at radius 3 is 2.80 bits per heavy atom. The molecule has 1 saturated carbocycles. The Balaban J connectivity index is 2.10. The van der Waals surface area contributed by atoms with Gasteiger partial charge < -0.3 is 5.32 Å². The molecular formula is C12H21N3. The van der Waals surface area contributed by atoms with Gasteiger partial charge in [0.05, 0.1) is 6.20 Å². The molecule has 84 valence electrons. The van der Waals surface area contributed by atoms with E-state index >= 15 is 0 Å². The van der Waals surface area contributed by atoms with Crippen molar-refractivity contribution in [2.45, 2.75) is 32.2 Å². The Bertz CT molecular complexity index is 318. The highest BCUT2D eigenvalue weighted by atomic mass is 15.2. The van der Waals surface area contributed by atoms with Gasteiger partial charge in [-0.2, -0.15) is 5.10 Å². The molecule has 1 heterocycles. The third kappa shape index (κ3) is 2.23. The summed E-state index contributed by atoms with van der Waals surface area (Å²) in [7, 11) is 4.04. The minimum absolute atomic E-state index is 0.489. The molecule has 3 atom stereocenters. The van der Waals surface area contributed by atoms with Crippen LogP contribution in [0.1, 0.15) is 37.8 Å². The molecule has 0 spiro atoms. The number of hydrogen-bond donors (Lipinski definition) is 1. The largest absolute Gasteiger partial charge is 0.313 e. The van der Waals surface area contributed by atoms with Crippen molar-refractivity contribution in [3.63, 3.8) is 0 Å². The average Bonchev–Trinajstić information content (AvgIpc) is 2.78. The second-order valence-corrected chi connectivity index (χ2v) is 4.89. The first-order valence-electron chi connectivity index (χ1n) is 5.86. The minimum Gasteiger partial charge on any atom is -0.313 e. The van der Waals surface area contributed by atoms with Gasteiger partial charge in [0.15, 0.2) is 0 Å². The van der Waals surface area contributed by atoms with E-state index in [9.17, 15) is 0 Å². The Labute approximate surface area is 91.9 Å². The Morgan fingerprint density at radius 1 is 1.53 bits per heavy atom. The number of hydrogen-bond acceptors (Lipinski definition) is 2. The van der Waals surface area contributed by atoms with Crippen LogP contribution < -0.4 is 5.32 Å². The molecule has 0 bridgehead atoms. The standard InChI is InChI=1S/C12H21N3/c1-9-4-5-10(6-9)12(13-2)11-7-14-15(3)8-11/h7-10,12-13H,4-6H2,1-3H3. The lowest BCUT2D eigenvalue weighted by Crippen LogP contribution is -2.23. The number of aryl methyl sites for hydroxylation is 1. The molecular weight excluding hydrogens is 186 g/mol. The molecule has 3 heteroatoms. The van der Waals surface area contributed by atoms with Crippen molar-refractivity contribution in [2.24, 2.45) is 18.9 Å². The molecule has 1 N–H and O–H groups in total. The maximum absolute atomic E-state index is 4.25. The maximum Gasteiger partial charge on any atom is 0.0537 e. The molecule has 1 aromatic heterocycles. The van der Waals surface area contributed by atoms with Crippen LogP contribution in [-0.4, -0.2) is 16.8 Å². The molecule has 1 aliphatic carbocycles. The van der Waals surface area contributed by atoms with Gasteiger partial charge in [0.2, 0.25) is 0 Å². The summed E-state index contributed by atoms with van der Waals surface area (Å²) in [6.45, 7) is 2.36. The number of aromatic nitrogens is 2. The van der Waals surface area contributed by atoms with Crippen LogP contribution in [0.3, 0.4) is 0 Å². The summed E-state index contributed by atoms with van der Waals surface area (Å²) in [6, 6.07) is 0.489. The summed E-state index contributed by atoms with van der Waals surface area (Å²) in [5.74, 6) is 1.68. The molecule has 0 radical (unpaired) electrons. The van der Waals surface area contributed by atoms with Crippen LogP contribution in [0.4, 0.5) is 0 Å². The van der Waals surface area contributed by atoms with Crippen molar-refractivity contribution >= 4 is 0 Å². The fraction of sp³-hybridized carbons (Fsp3) is 0.750. The van der Waals surface area contributed by atoms with E-state index in [1.807, 2.05) is 17.9 Å². The van der Waals surface area contributed by atoms with Crippen LogP contribution in [-0.2, 0) is 7.05 Å². The lowest BCUT2D eigenvalue weighted by molar-refractivity contribution is 0.379. The highest BCUT2D eigenvalue weighted by molar-refractivity contribution is 5.12. The highest BCUT2D eigenvalue weighted by Crippen LogP contribution is 2.38. The molecule has 3 unspecified atom stereocenters. The van der Waals surface area contributed by atoms with Crippen molar-refractivity contribution in [2.75, 3.05) is 7.05 Å². The Morgan fingerprint density at radius 2 is 2.33 bits per heavy atom. The van der Waals surface area contributed by atoms with Crippen molar-refractivity contribution < 1.29 is 0 Å².